The smallest absolute Gasteiger partial charge is 0.233 e. The van der Waals surface area contributed by atoms with Crippen molar-refractivity contribution in [1.82, 2.24) is 20.1 Å². The van der Waals surface area contributed by atoms with Gasteiger partial charge >= 0.3 is 0 Å². The third-order valence-corrected chi connectivity index (χ3v) is 5.74. The van der Waals surface area contributed by atoms with Gasteiger partial charge in [-0.15, -0.1) is 10.2 Å². The molecule has 0 unspecified atom stereocenters. The van der Waals surface area contributed by atoms with Crippen molar-refractivity contribution in [2.75, 3.05) is 0 Å². The number of amides is 1. The minimum absolute atomic E-state index is 0.109. The lowest BCUT2D eigenvalue weighted by Gasteiger charge is -2.17. The molecule has 0 saturated carbocycles. The van der Waals surface area contributed by atoms with Crippen LogP contribution < -0.4 is 5.32 Å². The zero-order valence-corrected chi connectivity index (χ0v) is 17.1. The molecule has 1 amide bonds. The molecule has 3 rings (SSSR count). The molecule has 5 nitrogen and oxygen atoms in total. The van der Waals surface area contributed by atoms with Crippen molar-refractivity contribution in [2.45, 2.75) is 37.2 Å². The molecule has 0 fully saturated rings. The van der Waals surface area contributed by atoms with Crippen molar-refractivity contribution in [3.05, 3.63) is 65.5 Å². The average molecular weight is 399 g/mol. The van der Waals surface area contributed by atoms with E-state index in [-0.39, 0.29) is 23.0 Å². The molecule has 0 radical (unpaired) electrons. The van der Waals surface area contributed by atoms with Gasteiger partial charge in [0.1, 0.15) is 5.82 Å². The predicted molar refractivity (Wildman–Crippen MR) is 109 cm³/mol. The van der Waals surface area contributed by atoms with E-state index in [0.29, 0.717) is 5.16 Å². The number of nitrogens with one attached hydrogen (secondary N) is 1. The monoisotopic (exact) mass is 398 g/mol. The second kappa shape index (κ2) is 8.56. The van der Waals surface area contributed by atoms with Gasteiger partial charge in [0.25, 0.3) is 0 Å². The molecule has 0 aliphatic heterocycles. The zero-order valence-electron chi connectivity index (χ0n) is 16.3. The molecule has 0 aliphatic carbocycles. The largest absolute Gasteiger partial charge is 0.349 e. The first kappa shape index (κ1) is 20.1. The predicted octanol–water partition coefficient (Wildman–Crippen LogP) is 4.29. The SMILES string of the molecule is Cc1ccccc1-c1nnc(S[C@@H](C)C(=O)N[C@@H](C)c2ccc(F)cc2)n1C. The van der Waals surface area contributed by atoms with Crippen LogP contribution >= 0.6 is 11.8 Å². The van der Waals surface area contributed by atoms with Gasteiger partial charge in [0.05, 0.1) is 11.3 Å². The van der Waals surface area contributed by atoms with Crippen molar-refractivity contribution in [3.63, 3.8) is 0 Å². The first-order valence-corrected chi connectivity index (χ1v) is 9.92. The quantitative estimate of drug-likeness (QED) is 0.630. The summed E-state index contributed by atoms with van der Waals surface area (Å²) in [6.07, 6.45) is 0. The number of hydrogen-bond acceptors (Lipinski definition) is 4. The van der Waals surface area contributed by atoms with E-state index in [4.69, 9.17) is 0 Å². The highest BCUT2D eigenvalue weighted by molar-refractivity contribution is 8.00. The molecule has 146 valence electrons. The molecule has 0 aliphatic rings. The summed E-state index contributed by atoms with van der Waals surface area (Å²) in [5, 5.41) is 11.8. The summed E-state index contributed by atoms with van der Waals surface area (Å²) < 4.78 is 15.0. The molecule has 2 atom stereocenters. The average Bonchev–Trinajstić information content (AvgIpc) is 3.03. The van der Waals surface area contributed by atoms with Gasteiger partial charge in [0.2, 0.25) is 5.91 Å². The van der Waals surface area contributed by atoms with Crippen molar-refractivity contribution in [2.24, 2.45) is 7.05 Å². The van der Waals surface area contributed by atoms with E-state index in [2.05, 4.69) is 15.5 Å². The summed E-state index contributed by atoms with van der Waals surface area (Å²) in [5.74, 6) is 0.369. The van der Waals surface area contributed by atoms with Crippen molar-refractivity contribution >= 4 is 17.7 Å². The number of aromatic nitrogens is 3. The van der Waals surface area contributed by atoms with Gasteiger partial charge < -0.3 is 9.88 Å². The van der Waals surface area contributed by atoms with Crippen molar-refractivity contribution in [3.8, 4) is 11.4 Å². The second-order valence-corrected chi connectivity index (χ2v) is 8.03. The molecule has 1 heterocycles. The van der Waals surface area contributed by atoms with Gasteiger partial charge in [-0.3, -0.25) is 4.79 Å². The van der Waals surface area contributed by atoms with E-state index in [1.54, 1.807) is 12.1 Å². The van der Waals surface area contributed by atoms with Gasteiger partial charge in [-0.25, -0.2) is 4.39 Å². The van der Waals surface area contributed by atoms with E-state index in [1.165, 1.54) is 23.9 Å². The van der Waals surface area contributed by atoms with Crippen molar-refractivity contribution < 1.29 is 9.18 Å². The Kier molecular flexibility index (Phi) is 6.14. The number of thioether (sulfide) groups is 1. The van der Waals surface area contributed by atoms with Crippen LogP contribution in [0.5, 0.6) is 0 Å². The molecule has 0 bridgehead atoms. The lowest BCUT2D eigenvalue weighted by molar-refractivity contribution is -0.120. The number of carbonyl (C=O) groups excluding carboxylic acids is 1. The maximum atomic E-state index is 13.1. The summed E-state index contributed by atoms with van der Waals surface area (Å²) in [7, 11) is 1.90. The second-order valence-electron chi connectivity index (χ2n) is 6.72. The molecular weight excluding hydrogens is 375 g/mol. The lowest BCUT2D eigenvalue weighted by Crippen LogP contribution is -2.33. The van der Waals surface area contributed by atoms with Gasteiger partial charge in [0, 0.05) is 12.6 Å². The van der Waals surface area contributed by atoms with E-state index < -0.39 is 0 Å². The minimum Gasteiger partial charge on any atom is -0.349 e. The molecule has 7 heteroatoms. The number of rotatable bonds is 6. The van der Waals surface area contributed by atoms with Crippen LogP contribution in [0.3, 0.4) is 0 Å². The zero-order chi connectivity index (χ0) is 20.3. The Morgan fingerprint density at radius 3 is 2.46 bits per heavy atom. The molecule has 28 heavy (non-hydrogen) atoms. The third-order valence-electron chi connectivity index (χ3n) is 4.60. The molecule has 1 N–H and O–H groups in total. The van der Waals surface area contributed by atoms with Crippen LogP contribution in [0.15, 0.2) is 53.7 Å². The van der Waals surface area contributed by atoms with E-state index >= 15 is 0 Å². The van der Waals surface area contributed by atoms with Gasteiger partial charge in [-0.1, -0.05) is 48.2 Å². The van der Waals surface area contributed by atoms with Gasteiger partial charge in [0.15, 0.2) is 11.0 Å². The number of carbonyl (C=O) groups is 1. The highest BCUT2D eigenvalue weighted by atomic mass is 32.2. The third kappa shape index (κ3) is 4.42. The Morgan fingerprint density at radius 2 is 1.79 bits per heavy atom. The molecular formula is C21H23FN4OS. The summed E-state index contributed by atoms with van der Waals surface area (Å²) >= 11 is 1.36. The van der Waals surface area contributed by atoms with Crippen LogP contribution in [0.2, 0.25) is 0 Å². The fourth-order valence-corrected chi connectivity index (χ4v) is 3.68. The van der Waals surface area contributed by atoms with Crippen LogP contribution in [-0.4, -0.2) is 25.9 Å². The molecule has 1 aromatic heterocycles. The minimum atomic E-state index is -0.351. The van der Waals surface area contributed by atoms with Crippen LogP contribution in [0.25, 0.3) is 11.4 Å². The lowest BCUT2D eigenvalue weighted by atomic mass is 10.1. The Balaban J connectivity index is 1.67. The Labute approximate surface area is 168 Å². The number of hydrogen-bond donors (Lipinski definition) is 1. The molecule has 3 aromatic rings. The maximum absolute atomic E-state index is 13.1. The fraction of sp³-hybridized carbons (Fsp3) is 0.286. The van der Waals surface area contributed by atoms with Crippen LogP contribution in [0.4, 0.5) is 4.39 Å². The van der Waals surface area contributed by atoms with Crippen molar-refractivity contribution in [1.29, 1.82) is 0 Å². The highest BCUT2D eigenvalue weighted by Crippen LogP contribution is 2.27. The summed E-state index contributed by atoms with van der Waals surface area (Å²) in [4.78, 5) is 12.6. The van der Waals surface area contributed by atoms with Crippen LogP contribution in [0.1, 0.15) is 31.0 Å². The number of halogens is 1. The Hall–Kier alpha value is -2.67. The van der Waals surface area contributed by atoms with E-state index in [1.807, 2.05) is 56.7 Å². The standard InChI is InChI=1S/C21H23FN4OS/c1-13-7-5-6-8-18(13)19-24-25-21(26(19)4)28-15(3)20(27)23-14(2)16-9-11-17(22)12-10-16/h5-12,14-15H,1-4H3,(H,23,27)/t14-,15-/m0/s1. The van der Waals surface area contributed by atoms with Gasteiger partial charge in [-0.2, -0.15) is 0 Å². The molecule has 0 spiro atoms. The first-order valence-electron chi connectivity index (χ1n) is 9.04. The Bertz CT molecular complexity index is 971. The fourth-order valence-electron chi connectivity index (χ4n) is 2.85. The summed E-state index contributed by atoms with van der Waals surface area (Å²) in [6.45, 7) is 5.74. The molecule has 0 saturated heterocycles. The van der Waals surface area contributed by atoms with Crippen LogP contribution in [-0.2, 0) is 11.8 Å². The number of aryl methyl sites for hydroxylation is 1. The topological polar surface area (TPSA) is 59.8 Å². The number of benzene rings is 2. The normalized spacial score (nSPS) is 13.2. The summed E-state index contributed by atoms with van der Waals surface area (Å²) in [5.41, 5.74) is 2.99. The van der Waals surface area contributed by atoms with Gasteiger partial charge in [-0.05, 0) is 44.0 Å². The highest BCUT2D eigenvalue weighted by Gasteiger charge is 2.21. The van der Waals surface area contributed by atoms with Crippen LogP contribution in [0, 0.1) is 12.7 Å². The number of nitrogens with zero attached hydrogens (tertiary/aromatic N) is 3. The molecule has 2 aromatic carbocycles. The van der Waals surface area contributed by atoms with E-state index in [0.717, 1.165) is 22.5 Å². The maximum Gasteiger partial charge on any atom is 0.233 e. The first-order chi connectivity index (χ1) is 13.4. The van der Waals surface area contributed by atoms with E-state index in [9.17, 15) is 9.18 Å². The summed E-state index contributed by atoms with van der Waals surface area (Å²) in [6, 6.07) is 13.9. The Morgan fingerprint density at radius 1 is 1.11 bits per heavy atom.